The zero-order chi connectivity index (χ0) is 17.8. The van der Waals surface area contributed by atoms with Crippen molar-refractivity contribution in [2.45, 2.75) is 105 Å². The van der Waals surface area contributed by atoms with Crippen LogP contribution < -0.4 is 5.11 Å². The predicted octanol–water partition coefficient (Wildman–Crippen LogP) is 5.70. The first kappa shape index (κ1) is 25.1. The number of hydrogen-bond donors (Lipinski definition) is 0. The number of hydrogen-bond acceptors (Lipinski definition) is 2. The average Bonchev–Trinajstić information content (AvgIpc) is 2.53. The highest BCUT2D eigenvalue weighted by Crippen LogP contribution is 2.35. The topological polar surface area (TPSA) is 40.1 Å². The number of rotatable bonds is 15. The molecule has 140 valence electrons. The van der Waals surface area contributed by atoms with E-state index in [0.29, 0.717) is 6.42 Å². The fourth-order valence-corrected chi connectivity index (χ4v) is 4.63. The molecular weight excluding hydrogens is 303 g/mol. The monoisotopic (exact) mass is 346 g/mol. The molecule has 0 atom stereocenters. The standard InChI is InChI=1S/C16H35P.C4H8O2/c1-4-7-8-9-10-11-12-13-14-15-16-17(5-2)6-3;1-2-3-4(5)6/h4-16H2,1-3H3;2-3H2,1H3,(H,5,6). The number of unbranched alkanes of at least 4 members (excludes halogenated alkanes) is 9. The molecule has 0 heterocycles. The fraction of sp³-hybridized carbons (Fsp3) is 0.950. The molecule has 2 nitrogen and oxygen atoms in total. The van der Waals surface area contributed by atoms with Crippen molar-refractivity contribution in [3.8, 4) is 0 Å². The van der Waals surface area contributed by atoms with Crippen LogP contribution in [-0.4, -0.2) is 24.5 Å². The Morgan fingerprint density at radius 1 is 0.696 bits per heavy atom. The van der Waals surface area contributed by atoms with Gasteiger partial charge in [-0.05, 0) is 33.1 Å². The number of carbonyl (C=O) groups is 1. The van der Waals surface area contributed by atoms with Gasteiger partial charge >= 0.3 is 0 Å². The maximum atomic E-state index is 9.49. The van der Waals surface area contributed by atoms with Crippen molar-refractivity contribution in [2.24, 2.45) is 0 Å². The highest BCUT2D eigenvalue weighted by molar-refractivity contribution is 7.57. The Labute approximate surface area is 147 Å². The summed E-state index contributed by atoms with van der Waals surface area (Å²) in [6.45, 7) is 8.86. The van der Waals surface area contributed by atoms with Gasteiger partial charge in [0.1, 0.15) is 0 Å². The van der Waals surface area contributed by atoms with Crippen LogP contribution >= 0.6 is 7.92 Å². The van der Waals surface area contributed by atoms with E-state index in [0.717, 1.165) is 0 Å². The maximum absolute atomic E-state index is 9.49. The number of aliphatic carboxylic acids is 1. The van der Waals surface area contributed by atoms with Gasteiger partial charge < -0.3 is 9.90 Å². The Hall–Kier alpha value is -0.100. The lowest BCUT2D eigenvalue weighted by Crippen LogP contribution is -2.20. The Kier molecular flexibility index (Phi) is 23.9. The van der Waals surface area contributed by atoms with Crippen LogP contribution in [0, 0.1) is 0 Å². The van der Waals surface area contributed by atoms with Gasteiger partial charge in [-0.2, -0.15) is 0 Å². The van der Waals surface area contributed by atoms with Crippen molar-refractivity contribution in [2.75, 3.05) is 18.5 Å². The van der Waals surface area contributed by atoms with Crippen LogP contribution in [0.1, 0.15) is 105 Å². The number of carboxylic acids is 1. The first-order valence-electron chi connectivity index (χ1n) is 10.2. The molecule has 0 amide bonds. The summed E-state index contributed by atoms with van der Waals surface area (Å²) in [7, 11) is 0.0695. The molecular formula is C20H43O2P. The Morgan fingerprint density at radius 2 is 1.13 bits per heavy atom. The van der Waals surface area contributed by atoms with Crippen molar-refractivity contribution in [3.05, 3.63) is 0 Å². The molecule has 0 aliphatic rings. The van der Waals surface area contributed by atoms with E-state index in [1.165, 1.54) is 76.5 Å². The minimum absolute atomic E-state index is 0.0695. The summed E-state index contributed by atoms with van der Waals surface area (Å²) in [4.78, 5) is 9.49. The molecule has 0 aliphatic heterocycles. The minimum atomic E-state index is -0.961. The third-order valence-corrected chi connectivity index (χ3v) is 7.40. The van der Waals surface area contributed by atoms with Crippen molar-refractivity contribution >= 4 is 13.9 Å². The highest BCUT2D eigenvalue weighted by atomic mass is 31.1. The lowest BCUT2D eigenvalue weighted by Gasteiger charge is -2.05. The van der Waals surface area contributed by atoms with Gasteiger partial charge in [0.25, 0.3) is 0 Å². The van der Waals surface area contributed by atoms with E-state index < -0.39 is 5.97 Å². The molecule has 0 aliphatic carbocycles. The van der Waals surface area contributed by atoms with Crippen LogP contribution in [0.5, 0.6) is 0 Å². The third kappa shape index (κ3) is 24.3. The summed E-state index contributed by atoms with van der Waals surface area (Å²) in [5.41, 5.74) is 0. The maximum Gasteiger partial charge on any atom is 0.0571 e. The van der Waals surface area contributed by atoms with E-state index in [9.17, 15) is 9.90 Å². The van der Waals surface area contributed by atoms with Crippen LogP contribution in [0.3, 0.4) is 0 Å². The fourth-order valence-electron chi connectivity index (χ4n) is 2.67. The molecule has 0 aromatic rings. The molecule has 0 rings (SSSR count). The largest absolute Gasteiger partial charge is 0.550 e. The van der Waals surface area contributed by atoms with E-state index in [1.807, 2.05) is 0 Å². The van der Waals surface area contributed by atoms with Crippen molar-refractivity contribution < 1.29 is 9.90 Å². The quantitative estimate of drug-likeness (QED) is 0.282. The van der Waals surface area contributed by atoms with Gasteiger partial charge in [0.2, 0.25) is 0 Å². The zero-order valence-electron chi connectivity index (χ0n) is 16.4. The molecule has 0 spiro atoms. The molecule has 23 heavy (non-hydrogen) atoms. The second kappa shape index (κ2) is 21.9. The molecule has 0 bridgehead atoms. The van der Waals surface area contributed by atoms with Crippen LogP contribution in [0.2, 0.25) is 0 Å². The molecule has 0 unspecified atom stereocenters. The first-order valence-corrected chi connectivity index (χ1v) is 12.3. The lowest BCUT2D eigenvalue weighted by atomic mass is 10.1. The zero-order valence-corrected chi connectivity index (χ0v) is 17.4. The minimum Gasteiger partial charge on any atom is -0.550 e. The highest BCUT2D eigenvalue weighted by Gasteiger charge is 2.08. The number of carboxylic acid groups (broad SMARTS) is 1. The smallest absolute Gasteiger partial charge is 0.0571 e. The Bertz CT molecular complexity index is 228. The van der Waals surface area contributed by atoms with E-state index in [1.54, 1.807) is 13.1 Å². The van der Waals surface area contributed by atoms with E-state index >= 15 is 0 Å². The van der Waals surface area contributed by atoms with Crippen molar-refractivity contribution in [3.63, 3.8) is 0 Å². The molecule has 0 saturated heterocycles. The van der Waals surface area contributed by atoms with Gasteiger partial charge in [0.15, 0.2) is 0 Å². The summed E-state index contributed by atoms with van der Waals surface area (Å²) in [5, 5.41) is 9.49. The summed E-state index contributed by atoms with van der Waals surface area (Å²) >= 11 is 0. The SMILES string of the molecule is CCCC(=O)[O-].CCCCCCCCCCCC[PH+](CC)CC. The third-order valence-electron chi connectivity index (χ3n) is 4.34. The first-order chi connectivity index (χ1) is 11.1. The van der Waals surface area contributed by atoms with Gasteiger partial charge in [0.05, 0.1) is 18.5 Å². The van der Waals surface area contributed by atoms with Gasteiger partial charge in [-0.3, -0.25) is 0 Å². The van der Waals surface area contributed by atoms with Crippen molar-refractivity contribution in [1.29, 1.82) is 0 Å². The molecule has 0 fully saturated rings. The summed E-state index contributed by atoms with van der Waals surface area (Å²) in [5.74, 6) is -0.961. The molecule has 0 radical (unpaired) electrons. The average molecular weight is 347 g/mol. The Balaban J connectivity index is 0. The molecule has 0 aromatic heterocycles. The molecule has 0 aromatic carbocycles. The normalized spacial score (nSPS) is 10.5. The summed E-state index contributed by atoms with van der Waals surface area (Å²) in [6.07, 6.45) is 20.1. The van der Waals surface area contributed by atoms with E-state index in [4.69, 9.17) is 0 Å². The number of carbonyl (C=O) groups excluding carboxylic acids is 1. The van der Waals surface area contributed by atoms with Crippen LogP contribution in [0.25, 0.3) is 0 Å². The van der Waals surface area contributed by atoms with Crippen LogP contribution in [0.15, 0.2) is 0 Å². The van der Waals surface area contributed by atoms with Gasteiger partial charge in [-0.1, -0.05) is 71.6 Å². The predicted molar refractivity (Wildman–Crippen MR) is 106 cm³/mol. The summed E-state index contributed by atoms with van der Waals surface area (Å²) < 4.78 is 0. The van der Waals surface area contributed by atoms with Crippen LogP contribution in [0.4, 0.5) is 0 Å². The van der Waals surface area contributed by atoms with E-state index in [2.05, 4.69) is 20.8 Å². The Morgan fingerprint density at radius 3 is 1.43 bits per heavy atom. The second-order valence-electron chi connectivity index (χ2n) is 6.51. The summed E-state index contributed by atoms with van der Waals surface area (Å²) in [6, 6.07) is 0. The lowest BCUT2D eigenvalue weighted by molar-refractivity contribution is -0.305. The van der Waals surface area contributed by atoms with E-state index in [-0.39, 0.29) is 14.3 Å². The van der Waals surface area contributed by atoms with Crippen molar-refractivity contribution in [1.82, 2.24) is 0 Å². The molecule has 0 saturated carbocycles. The van der Waals surface area contributed by atoms with Gasteiger partial charge in [-0.15, -0.1) is 0 Å². The van der Waals surface area contributed by atoms with Gasteiger partial charge in [-0.25, -0.2) is 0 Å². The second-order valence-corrected chi connectivity index (χ2v) is 9.93. The molecule has 0 N–H and O–H groups in total. The molecule has 3 heteroatoms. The van der Waals surface area contributed by atoms with Gasteiger partial charge in [0, 0.05) is 13.9 Å². The van der Waals surface area contributed by atoms with Crippen LogP contribution in [-0.2, 0) is 4.79 Å².